The third kappa shape index (κ3) is 5.89. The molecule has 2 N–H and O–H groups in total. The van der Waals surface area contributed by atoms with Crippen LogP contribution in [0.3, 0.4) is 0 Å². The van der Waals surface area contributed by atoms with Gasteiger partial charge in [-0.2, -0.15) is 0 Å². The van der Waals surface area contributed by atoms with E-state index < -0.39 is 0 Å². The predicted octanol–water partition coefficient (Wildman–Crippen LogP) is 2.67. The SMILES string of the molecule is C=CC[NH2+]CCCCOc1ccc(Br)cc1C. The number of ether oxygens (including phenoxy) is 1. The number of nitrogens with two attached hydrogens (primary N) is 1. The molecule has 0 atom stereocenters. The summed E-state index contributed by atoms with van der Waals surface area (Å²) >= 11 is 3.45. The van der Waals surface area contributed by atoms with Crippen molar-refractivity contribution >= 4 is 15.9 Å². The summed E-state index contributed by atoms with van der Waals surface area (Å²) in [6.45, 7) is 8.71. The van der Waals surface area contributed by atoms with E-state index in [-0.39, 0.29) is 0 Å². The Morgan fingerprint density at radius 1 is 1.41 bits per heavy atom. The van der Waals surface area contributed by atoms with E-state index in [4.69, 9.17) is 4.74 Å². The maximum atomic E-state index is 5.74. The van der Waals surface area contributed by atoms with Crippen molar-refractivity contribution in [1.82, 2.24) is 0 Å². The standard InChI is InChI=1S/C14H20BrNO/c1-3-8-16-9-4-5-10-17-14-7-6-13(15)11-12(14)2/h3,6-7,11,16H,1,4-5,8-10H2,2H3/p+1. The molecule has 0 fully saturated rings. The predicted molar refractivity (Wildman–Crippen MR) is 75.5 cm³/mol. The van der Waals surface area contributed by atoms with Crippen LogP contribution in [0.5, 0.6) is 5.75 Å². The van der Waals surface area contributed by atoms with Gasteiger partial charge < -0.3 is 10.1 Å². The van der Waals surface area contributed by atoms with Crippen LogP contribution in [0.25, 0.3) is 0 Å². The van der Waals surface area contributed by atoms with Gasteiger partial charge in [-0.05, 0) is 49.6 Å². The number of unbranched alkanes of at least 4 members (excludes halogenated alkanes) is 1. The van der Waals surface area contributed by atoms with Crippen molar-refractivity contribution in [2.45, 2.75) is 19.8 Å². The molecule has 1 aromatic rings. The Bertz CT molecular complexity index is 352. The molecule has 0 amide bonds. The van der Waals surface area contributed by atoms with Gasteiger partial charge in [0.25, 0.3) is 0 Å². The molecule has 0 unspecified atom stereocenters. The van der Waals surface area contributed by atoms with E-state index in [9.17, 15) is 0 Å². The largest absolute Gasteiger partial charge is 0.493 e. The molecule has 3 heteroatoms. The van der Waals surface area contributed by atoms with E-state index in [2.05, 4.69) is 40.8 Å². The lowest BCUT2D eigenvalue weighted by molar-refractivity contribution is -0.646. The Kier molecular flexibility index (Phi) is 6.97. The van der Waals surface area contributed by atoms with Crippen LogP contribution in [0.1, 0.15) is 18.4 Å². The molecule has 0 spiro atoms. The van der Waals surface area contributed by atoms with Gasteiger partial charge >= 0.3 is 0 Å². The fourth-order valence-electron chi connectivity index (χ4n) is 1.58. The van der Waals surface area contributed by atoms with Crippen LogP contribution < -0.4 is 10.1 Å². The van der Waals surface area contributed by atoms with Crippen LogP contribution in [-0.4, -0.2) is 19.7 Å². The highest BCUT2D eigenvalue weighted by molar-refractivity contribution is 9.10. The molecule has 0 radical (unpaired) electrons. The zero-order valence-corrected chi connectivity index (χ0v) is 12.0. The van der Waals surface area contributed by atoms with Crippen LogP contribution in [0.15, 0.2) is 35.3 Å². The lowest BCUT2D eigenvalue weighted by atomic mass is 10.2. The van der Waals surface area contributed by atoms with Crippen molar-refractivity contribution in [1.29, 1.82) is 0 Å². The molecule has 17 heavy (non-hydrogen) atoms. The van der Waals surface area contributed by atoms with Gasteiger partial charge in [-0.15, -0.1) is 0 Å². The zero-order valence-electron chi connectivity index (χ0n) is 10.4. The average molecular weight is 299 g/mol. The Balaban J connectivity index is 2.15. The molecule has 0 bridgehead atoms. The molecular formula is C14H21BrNO+. The van der Waals surface area contributed by atoms with Gasteiger partial charge in [0.1, 0.15) is 5.75 Å². The molecule has 1 rings (SSSR count). The Hall–Kier alpha value is -0.800. The van der Waals surface area contributed by atoms with E-state index in [1.54, 1.807) is 0 Å². The lowest BCUT2D eigenvalue weighted by Crippen LogP contribution is -2.83. The molecule has 0 saturated carbocycles. The fourth-order valence-corrected chi connectivity index (χ4v) is 2.06. The van der Waals surface area contributed by atoms with Gasteiger partial charge in [-0.3, -0.25) is 0 Å². The zero-order chi connectivity index (χ0) is 12.5. The molecule has 0 aliphatic carbocycles. The van der Waals surface area contributed by atoms with Crippen LogP contribution in [0, 0.1) is 6.92 Å². The maximum Gasteiger partial charge on any atom is 0.122 e. The van der Waals surface area contributed by atoms with Crippen molar-refractivity contribution in [3.63, 3.8) is 0 Å². The maximum absolute atomic E-state index is 5.74. The molecular weight excluding hydrogens is 278 g/mol. The molecule has 94 valence electrons. The van der Waals surface area contributed by atoms with Gasteiger partial charge in [-0.25, -0.2) is 0 Å². The molecule has 0 aliphatic rings. The molecule has 0 aromatic heterocycles. The van der Waals surface area contributed by atoms with Crippen LogP contribution >= 0.6 is 15.9 Å². The fraction of sp³-hybridized carbons (Fsp3) is 0.429. The highest BCUT2D eigenvalue weighted by Gasteiger charge is 1.99. The Morgan fingerprint density at radius 2 is 2.24 bits per heavy atom. The number of quaternary nitrogens is 1. The number of hydrogen-bond donors (Lipinski definition) is 1. The van der Waals surface area contributed by atoms with Crippen LogP contribution in [-0.2, 0) is 0 Å². The highest BCUT2D eigenvalue weighted by atomic mass is 79.9. The first kappa shape index (κ1) is 14.3. The number of hydrogen-bond acceptors (Lipinski definition) is 1. The first-order valence-corrected chi connectivity index (χ1v) is 6.85. The van der Waals surface area contributed by atoms with Crippen molar-refractivity contribution in [3.8, 4) is 5.75 Å². The van der Waals surface area contributed by atoms with Gasteiger partial charge in [-0.1, -0.05) is 22.5 Å². The summed E-state index contributed by atoms with van der Waals surface area (Å²) in [6.07, 6.45) is 4.22. The van der Waals surface area contributed by atoms with Gasteiger partial charge in [0.15, 0.2) is 0 Å². The van der Waals surface area contributed by atoms with Crippen molar-refractivity contribution in [2.75, 3.05) is 19.7 Å². The van der Waals surface area contributed by atoms with Crippen molar-refractivity contribution in [2.24, 2.45) is 0 Å². The van der Waals surface area contributed by atoms with E-state index in [0.717, 1.165) is 36.3 Å². The van der Waals surface area contributed by atoms with E-state index in [1.165, 1.54) is 12.0 Å². The normalized spacial score (nSPS) is 10.2. The van der Waals surface area contributed by atoms with Crippen LogP contribution in [0.4, 0.5) is 0 Å². The van der Waals surface area contributed by atoms with Gasteiger partial charge in [0.05, 0.1) is 19.7 Å². The molecule has 0 saturated heterocycles. The third-order valence-electron chi connectivity index (χ3n) is 2.53. The second-order valence-corrected chi connectivity index (χ2v) is 4.98. The molecule has 0 aliphatic heterocycles. The highest BCUT2D eigenvalue weighted by Crippen LogP contribution is 2.22. The number of benzene rings is 1. The first-order chi connectivity index (χ1) is 8.24. The molecule has 1 aromatic carbocycles. The van der Waals surface area contributed by atoms with Crippen LogP contribution in [0.2, 0.25) is 0 Å². The summed E-state index contributed by atoms with van der Waals surface area (Å²) in [5.41, 5.74) is 1.18. The monoisotopic (exact) mass is 298 g/mol. The third-order valence-corrected chi connectivity index (χ3v) is 3.02. The summed E-state index contributed by atoms with van der Waals surface area (Å²) in [6, 6.07) is 6.11. The van der Waals surface area contributed by atoms with Gasteiger partial charge in [0, 0.05) is 4.47 Å². The summed E-state index contributed by atoms with van der Waals surface area (Å²) in [4.78, 5) is 0. The van der Waals surface area contributed by atoms with E-state index >= 15 is 0 Å². The first-order valence-electron chi connectivity index (χ1n) is 6.05. The van der Waals surface area contributed by atoms with Gasteiger partial charge in [0.2, 0.25) is 0 Å². The average Bonchev–Trinajstić information content (AvgIpc) is 2.30. The topological polar surface area (TPSA) is 25.8 Å². The van der Waals surface area contributed by atoms with Crippen molar-refractivity contribution < 1.29 is 10.1 Å². The minimum atomic E-state index is 0.796. The second-order valence-electron chi connectivity index (χ2n) is 4.07. The summed E-state index contributed by atoms with van der Waals surface area (Å²) in [7, 11) is 0. The number of halogens is 1. The lowest BCUT2D eigenvalue weighted by Gasteiger charge is -2.08. The quantitative estimate of drug-likeness (QED) is 0.579. The summed E-state index contributed by atoms with van der Waals surface area (Å²) < 4.78 is 6.84. The van der Waals surface area contributed by atoms with E-state index in [1.807, 2.05) is 18.2 Å². The molecule has 2 nitrogen and oxygen atoms in total. The summed E-state index contributed by atoms with van der Waals surface area (Å²) in [5.74, 6) is 0.989. The second kappa shape index (κ2) is 8.31. The van der Waals surface area contributed by atoms with Crippen molar-refractivity contribution in [3.05, 3.63) is 40.9 Å². The minimum absolute atomic E-state index is 0.796. The number of aryl methyl sites for hydroxylation is 1. The smallest absolute Gasteiger partial charge is 0.122 e. The van der Waals surface area contributed by atoms with E-state index in [0.29, 0.717) is 0 Å². The minimum Gasteiger partial charge on any atom is -0.493 e. The Morgan fingerprint density at radius 3 is 2.94 bits per heavy atom. The number of rotatable bonds is 8. The summed E-state index contributed by atoms with van der Waals surface area (Å²) in [5, 5.41) is 2.26. The Labute approximate surface area is 112 Å². The molecule has 0 heterocycles.